The van der Waals surface area contributed by atoms with Gasteiger partial charge in [0.1, 0.15) is 17.5 Å². The number of hydrogen-bond donors (Lipinski definition) is 5. The molecule has 0 radical (unpaired) electrons. The normalized spacial score (nSPS) is 11.9. The number of aliphatic hydroxyl groups is 1. The van der Waals surface area contributed by atoms with Gasteiger partial charge in [-0.3, -0.25) is 15.3 Å². The SMILES string of the molecule is COc1cccc(O)c1CN[C@@H](CO)C(=O)NO. The number of methoxy groups -OCH3 is 1. The van der Waals surface area contributed by atoms with E-state index in [1.165, 1.54) is 18.7 Å². The third kappa shape index (κ3) is 3.33. The summed E-state index contributed by atoms with van der Waals surface area (Å²) >= 11 is 0. The van der Waals surface area contributed by atoms with Crippen molar-refractivity contribution in [3.63, 3.8) is 0 Å². The first-order chi connectivity index (χ1) is 8.63. The van der Waals surface area contributed by atoms with Crippen LogP contribution in [0.2, 0.25) is 0 Å². The maximum Gasteiger partial charge on any atom is 0.262 e. The monoisotopic (exact) mass is 256 g/mol. The molecule has 1 amide bonds. The van der Waals surface area contributed by atoms with Crippen molar-refractivity contribution in [2.75, 3.05) is 13.7 Å². The number of hydrogen-bond acceptors (Lipinski definition) is 6. The van der Waals surface area contributed by atoms with Crippen molar-refractivity contribution in [1.29, 1.82) is 0 Å². The molecule has 0 aliphatic carbocycles. The first-order valence-corrected chi connectivity index (χ1v) is 5.27. The van der Waals surface area contributed by atoms with E-state index < -0.39 is 18.6 Å². The largest absolute Gasteiger partial charge is 0.507 e. The van der Waals surface area contributed by atoms with Gasteiger partial charge >= 0.3 is 0 Å². The molecule has 1 rings (SSSR count). The van der Waals surface area contributed by atoms with E-state index in [4.69, 9.17) is 15.1 Å². The van der Waals surface area contributed by atoms with Crippen LogP contribution in [0.1, 0.15) is 5.56 Å². The predicted octanol–water partition coefficient (Wildman–Crippen LogP) is -0.643. The van der Waals surface area contributed by atoms with Crippen molar-refractivity contribution in [2.24, 2.45) is 0 Å². The van der Waals surface area contributed by atoms with E-state index in [0.29, 0.717) is 11.3 Å². The van der Waals surface area contributed by atoms with Crippen LogP contribution >= 0.6 is 0 Å². The summed E-state index contributed by atoms with van der Waals surface area (Å²) in [6, 6.07) is 3.80. The number of phenolic OH excluding ortho intramolecular Hbond substituents is 1. The number of amides is 1. The average Bonchev–Trinajstić information content (AvgIpc) is 2.40. The molecular weight excluding hydrogens is 240 g/mol. The highest BCUT2D eigenvalue weighted by Gasteiger charge is 2.17. The van der Waals surface area contributed by atoms with Gasteiger partial charge in [0, 0.05) is 12.1 Å². The smallest absolute Gasteiger partial charge is 0.262 e. The number of nitrogens with one attached hydrogen (secondary N) is 2. The summed E-state index contributed by atoms with van der Waals surface area (Å²) in [4.78, 5) is 11.1. The van der Waals surface area contributed by atoms with Gasteiger partial charge in [0.05, 0.1) is 13.7 Å². The van der Waals surface area contributed by atoms with Crippen molar-refractivity contribution < 1.29 is 25.0 Å². The third-order valence-corrected chi connectivity index (χ3v) is 2.46. The van der Waals surface area contributed by atoms with Crippen LogP contribution in [-0.2, 0) is 11.3 Å². The topological polar surface area (TPSA) is 111 Å². The van der Waals surface area contributed by atoms with Gasteiger partial charge in [-0.1, -0.05) is 6.07 Å². The molecule has 18 heavy (non-hydrogen) atoms. The summed E-state index contributed by atoms with van der Waals surface area (Å²) in [6.07, 6.45) is 0. The second kappa shape index (κ2) is 6.80. The summed E-state index contributed by atoms with van der Waals surface area (Å²) in [6.45, 7) is -0.378. The molecule has 1 aromatic rings. The maximum atomic E-state index is 11.1. The summed E-state index contributed by atoms with van der Waals surface area (Å²) in [5.41, 5.74) is 1.90. The molecule has 7 heteroatoms. The molecule has 0 heterocycles. The molecule has 5 N–H and O–H groups in total. The Morgan fingerprint density at radius 2 is 2.22 bits per heavy atom. The second-order valence-corrected chi connectivity index (χ2v) is 3.55. The Kier molecular flexibility index (Phi) is 5.37. The van der Waals surface area contributed by atoms with E-state index in [1.54, 1.807) is 12.1 Å². The van der Waals surface area contributed by atoms with Crippen molar-refractivity contribution >= 4 is 5.91 Å². The Morgan fingerprint density at radius 1 is 1.50 bits per heavy atom. The Labute approximate surface area is 104 Å². The number of aliphatic hydroxyl groups excluding tert-OH is 1. The van der Waals surface area contributed by atoms with Gasteiger partial charge in [-0.25, -0.2) is 5.48 Å². The van der Waals surface area contributed by atoms with E-state index in [1.807, 2.05) is 0 Å². The van der Waals surface area contributed by atoms with Crippen LogP contribution in [-0.4, -0.2) is 41.1 Å². The fraction of sp³-hybridized carbons (Fsp3) is 0.364. The van der Waals surface area contributed by atoms with Crippen LogP contribution in [0.5, 0.6) is 11.5 Å². The fourth-order valence-electron chi connectivity index (χ4n) is 1.47. The van der Waals surface area contributed by atoms with Crippen molar-refractivity contribution in [2.45, 2.75) is 12.6 Å². The molecular formula is C11H16N2O5. The van der Waals surface area contributed by atoms with Crippen LogP contribution in [0.25, 0.3) is 0 Å². The Hall–Kier alpha value is -1.83. The number of hydroxylamine groups is 1. The average molecular weight is 256 g/mol. The van der Waals surface area contributed by atoms with Crippen LogP contribution in [0.3, 0.4) is 0 Å². The number of ether oxygens (including phenoxy) is 1. The van der Waals surface area contributed by atoms with Crippen LogP contribution in [0, 0.1) is 0 Å². The maximum absolute atomic E-state index is 11.1. The van der Waals surface area contributed by atoms with Crippen LogP contribution < -0.4 is 15.5 Å². The highest BCUT2D eigenvalue weighted by Crippen LogP contribution is 2.26. The molecule has 1 aromatic carbocycles. The predicted molar refractivity (Wildman–Crippen MR) is 62.3 cm³/mol. The zero-order valence-corrected chi connectivity index (χ0v) is 9.88. The first-order valence-electron chi connectivity index (χ1n) is 5.27. The molecule has 0 bridgehead atoms. The first kappa shape index (κ1) is 14.2. The Morgan fingerprint density at radius 3 is 2.78 bits per heavy atom. The lowest BCUT2D eigenvalue weighted by atomic mass is 10.1. The lowest BCUT2D eigenvalue weighted by Crippen LogP contribution is -2.45. The summed E-state index contributed by atoms with van der Waals surface area (Å²) < 4.78 is 5.07. The Bertz CT molecular complexity index is 410. The quantitative estimate of drug-likeness (QED) is 0.342. The minimum Gasteiger partial charge on any atom is -0.507 e. The molecule has 0 saturated heterocycles. The molecule has 100 valence electrons. The fourth-order valence-corrected chi connectivity index (χ4v) is 1.47. The van der Waals surface area contributed by atoms with E-state index in [0.717, 1.165) is 0 Å². The van der Waals surface area contributed by atoms with Gasteiger partial charge in [-0.15, -0.1) is 0 Å². The molecule has 0 unspecified atom stereocenters. The van der Waals surface area contributed by atoms with Gasteiger partial charge in [0.15, 0.2) is 0 Å². The van der Waals surface area contributed by atoms with Gasteiger partial charge in [-0.05, 0) is 12.1 Å². The number of rotatable bonds is 6. The molecule has 0 spiro atoms. The van der Waals surface area contributed by atoms with Crippen LogP contribution in [0.4, 0.5) is 0 Å². The lowest BCUT2D eigenvalue weighted by Gasteiger charge is -2.16. The van der Waals surface area contributed by atoms with Gasteiger partial charge in [0.25, 0.3) is 5.91 Å². The molecule has 0 saturated carbocycles. The second-order valence-electron chi connectivity index (χ2n) is 3.55. The molecule has 0 aromatic heterocycles. The highest BCUT2D eigenvalue weighted by atomic mass is 16.5. The molecule has 7 nitrogen and oxygen atoms in total. The van der Waals surface area contributed by atoms with Gasteiger partial charge in [0.2, 0.25) is 0 Å². The van der Waals surface area contributed by atoms with Crippen LogP contribution in [0.15, 0.2) is 18.2 Å². The molecule has 0 fully saturated rings. The third-order valence-electron chi connectivity index (χ3n) is 2.46. The minimum absolute atomic E-state index is 0.0166. The van der Waals surface area contributed by atoms with E-state index in [9.17, 15) is 9.90 Å². The van der Waals surface area contributed by atoms with E-state index in [-0.39, 0.29) is 12.3 Å². The van der Waals surface area contributed by atoms with Crippen molar-refractivity contribution in [3.05, 3.63) is 23.8 Å². The number of phenols is 1. The molecule has 0 aliphatic rings. The summed E-state index contributed by atoms with van der Waals surface area (Å²) in [7, 11) is 1.46. The standard InChI is InChI=1S/C11H16N2O5/c1-18-10-4-2-3-9(15)7(10)5-12-8(6-14)11(16)13-17/h2-4,8,12,14-15,17H,5-6H2,1H3,(H,13,16)/t8-/m0/s1. The van der Waals surface area contributed by atoms with E-state index >= 15 is 0 Å². The lowest BCUT2D eigenvalue weighted by molar-refractivity contribution is -0.132. The highest BCUT2D eigenvalue weighted by molar-refractivity contribution is 5.80. The molecule has 1 atom stereocenters. The van der Waals surface area contributed by atoms with E-state index in [2.05, 4.69) is 5.32 Å². The summed E-state index contributed by atoms with van der Waals surface area (Å²) in [5.74, 6) is -0.279. The number of carbonyl (C=O) groups is 1. The summed E-state index contributed by atoms with van der Waals surface area (Å²) in [5, 5.41) is 29.8. The number of benzene rings is 1. The zero-order chi connectivity index (χ0) is 13.5. The Balaban J connectivity index is 2.76. The number of aromatic hydroxyl groups is 1. The zero-order valence-electron chi connectivity index (χ0n) is 9.88. The van der Waals surface area contributed by atoms with Crippen molar-refractivity contribution in [3.8, 4) is 11.5 Å². The minimum atomic E-state index is -0.973. The van der Waals surface area contributed by atoms with Gasteiger partial charge < -0.3 is 14.9 Å². The van der Waals surface area contributed by atoms with Gasteiger partial charge in [-0.2, -0.15) is 0 Å². The molecule has 0 aliphatic heterocycles. The number of carbonyl (C=O) groups excluding carboxylic acids is 1. The van der Waals surface area contributed by atoms with Crippen molar-refractivity contribution in [1.82, 2.24) is 10.8 Å².